The van der Waals surface area contributed by atoms with Gasteiger partial charge in [0.1, 0.15) is 18.0 Å². The van der Waals surface area contributed by atoms with Crippen LogP contribution in [-0.2, 0) is 22.8 Å². The van der Waals surface area contributed by atoms with Gasteiger partial charge in [-0.25, -0.2) is 4.98 Å². The highest BCUT2D eigenvalue weighted by Gasteiger charge is 2.08. The van der Waals surface area contributed by atoms with Gasteiger partial charge in [0.25, 0.3) is 0 Å². The van der Waals surface area contributed by atoms with Crippen LogP contribution in [0.4, 0.5) is 0 Å². The summed E-state index contributed by atoms with van der Waals surface area (Å²) in [5.74, 6) is -0.176. The second kappa shape index (κ2) is 11.9. The van der Waals surface area contributed by atoms with Crippen molar-refractivity contribution in [1.82, 2.24) is 14.9 Å². The van der Waals surface area contributed by atoms with Gasteiger partial charge in [-0.2, -0.15) is 0 Å². The molecule has 5 rings (SSSR count). The summed E-state index contributed by atoms with van der Waals surface area (Å²) < 4.78 is 8.06. The second-order valence-electron chi connectivity index (χ2n) is 8.64. The first-order chi connectivity index (χ1) is 18.7. The number of hydrogen-bond acceptors (Lipinski definition) is 5. The van der Waals surface area contributed by atoms with E-state index in [0.29, 0.717) is 18.9 Å². The highest BCUT2D eigenvalue weighted by molar-refractivity contribution is 5.73. The van der Waals surface area contributed by atoms with E-state index in [1.54, 1.807) is 6.08 Å². The van der Waals surface area contributed by atoms with E-state index < -0.39 is 5.97 Å². The molecule has 2 N–H and O–H groups in total. The van der Waals surface area contributed by atoms with Crippen LogP contribution in [0.3, 0.4) is 0 Å². The molecule has 0 aliphatic heterocycles. The van der Waals surface area contributed by atoms with E-state index in [0.717, 1.165) is 39.5 Å². The summed E-state index contributed by atoms with van der Waals surface area (Å²) in [4.78, 5) is 21.4. The first kappa shape index (κ1) is 24.8. The quantitative estimate of drug-likeness (QED) is 0.211. The number of carboxylic acid groups (broad SMARTS) is 1. The summed E-state index contributed by atoms with van der Waals surface area (Å²) in [6.07, 6.45) is 3.50. The number of pyridine rings is 1. The van der Waals surface area contributed by atoms with E-state index >= 15 is 0 Å². The topological polar surface area (TPSA) is 85.1 Å². The van der Waals surface area contributed by atoms with Crippen LogP contribution >= 0.6 is 0 Å². The van der Waals surface area contributed by atoms with E-state index in [-0.39, 0.29) is 6.42 Å². The van der Waals surface area contributed by atoms with Crippen molar-refractivity contribution in [3.05, 3.63) is 132 Å². The van der Waals surface area contributed by atoms with Crippen LogP contribution in [0.15, 0.2) is 115 Å². The first-order valence-corrected chi connectivity index (χ1v) is 12.2. The summed E-state index contributed by atoms with van der Waals surface area (Å²) >= 11 is 0. The summed E-state index contributed by atoms with van der Waals surface area (Å²) in [6.45, 7) is 0.647. The predicted octanol–water partition coefficient (Wildman–Crippen LogP) is 6.12. The first-order valence-electron chi connectivity index (χ1n) is 12.2. The molecule has 0 spiro atoms. The summed E-state index contributed by atoms with van der Waals surface area (Å²) in [6, 6.07) is 33.4. The molecule has 0 radical (unpaired) electrons. The van der Waals surface area contributed by atoms with Crippen LogP contribution in [0, 0.1) is 0 Å². The highest BCUT2D eigenvalue weighted by Crippen LogP contribution is 2.22. The number of carbonyl (C=O) groups is 1. The molecule has 7 nitrogen and oxygen atoms in total. The zero-order valence-corrected chi connectivity index (χ0v) is 20.7. The summed E-state index contributed by atoms with van der Waals surface area (Å²) in [5.41, 5.74) is 9.20. The third-order valence-electron chi connectivity index (χ3n) is 5.91. The molecule has 7 heteroatoms. The van der Waals surface area contributed by atoms with E-state index in [4.69, 9.17) is 19.7 Å². The number of ether oxygens (including phenoxy) is 1. The molecule has 0 saturated carbocycles. The van der Waals surface area contributed by atoms with Crippen LogP contribution < -0.4 is 10.2 Å². The molecule has 0 bridgehead atoms. The van der Waals surface area contributed by atoms with Crippen molar-refractivity contribution >= 4 is 17.3 Å². The van der Waals surface area contributed by atoms with Gasteiger partial charge in [-0.3, -0.25) is 19.5 Å². The number of nitrogens with zero attached hydrogens (tertiary/aromatic N) is 2. The van der Waals surface area contributed by atoms with Crippen molar-refractivity contribution < 1.29 is 19.5 Å². The Kier molecular flexibility index (Phi) is 7.77. The van der Waals surface area contributed by atoms with Gasteiger partial charge in [0.05, 0.1) is 30.1 Å². The average Bonchev–Trinajstić information content (AvgIpc) is 3.38. The Hall–Kier alpha value is -4.88. The van der Waals surface area contributed by atoms with Crippen LogP contribution in [0.2, 0.25) is 0 Å². The molecule has 0 fully saturated rings. The number of aliphatic carboxylic acids is 1. The monoisotopic (exact) mass is 505 g/mol. The molecule has 0 amide bonds. The second-order valence-corrected chi connectivity index (χ2v) is 8.64. The molecule has 0 atom stereocenters. The van der Waals surface area contributed by atoms with Gasteiger partial charge in [-0.15, -0.1) is 0 Å². The maximum atomic E-state index is 11.0. The Morgan fingerprint density at radius 1 is 0.868 bits per heavy atom. The SMILES string of the molecule is O=C(O)CC=C(NOCc1ccc(OCc2cn3c(-c4ccccc4)cccc3n2)cc1)c1ccccc1. The minimum atomic E-state index is -0.906. The molecule has 0 saturated heterocycles. The smallest absolute Gasteiger partial charge is 0.307 e. The number of hydrogen-bond donors (Lipinski definition) is 2. The van der Waals surface area contributed by atoms with Crippen LogP contribution in [0.25, 0.3) is 22.6 Å². The zero-order valence-electron chi connectivity index (χ0n) is 20.7. The van der Waals surface area contributed by atoms with Gasteiger partial charge in [-0.1, -0.05) is 78.9 Å². The van der Waals surface area contributed by atoms with Gasteiger partial charge < -0.3 is 9.84 Å². The normalized spacial score (nSPS) is 11.4. The Bertz CT molecular complexity index is 1530. The Morgan fingerprint density at radius 3 is 2.34 bits per heavy atom. The van der Waals surface area contributed by atoms with E-state index in [2.05, 4.69) is 28.1 Å². The lowest BCUT2D eigenvalue weighted by atomic mass is 10.1. The molecule has 5 aromatic rings. The Morgan fingerprint density at radius 2 is 1.61 bits per heavy atom. The highest BCUT2D eigenvalue weighted by atomic mass is 16.6. The van der Waals surface area contributed by atoms with E-state index in [1.165, 1.54) is 0 Å². The van der Waals surface area contributed by atoms with Crippen molar-refractivity contribution in [2.24, 2.45) is 0 Å². The van der Waals surface area contributed by atoms with Crippen LogP contribution in [-0.4, -0.2) is 20.5 Å². The lowest BCUT2D eigenvalue weighted by Crippen LogP contribution is -2.13. The van der Waals surface area contributed by atoms with Gasteiger partial charge in [0.2, 0.25) is 0 Å². The molecule has 2 heterocycles. The van der Waals surface area contributed by atoms with Crippen LogP contribution in [0.5, 0.6) is 5.75 Å². The molecule has 0 unspecified atom stereocenters. The number of fused-ring (bicyclic) bond motifs is 1. The van der Waals surface area contributed by atoms with Gasteiger partial charge in [-0.05, 0) is 47.0 Å². The number of nitrogens with one attached hydrogen (secondary N) is 1. The minimum Gasteiger partial charge on any atom is -0.487 e. The van der Waals surface area contributed by atoms with Crippen molar-refractivity contribution in [3.8, 4) is 17.0 Å². The molecule has 3 aromatic carbocycles. The Balaban J connectivity index is 1.17. The third-order valence-corrected chi connectivity index (χ3v) is 5.91. The molecule has 0 aliphatic rings. The van der Waals surface area contributed by atoms with Gasteiger partial charge in [0.15, 0.2) is 0 Å². The minimum absolute atomic E-state index is 0.105. The van der Waals surface area contributed by atoms with Gasteiger partial charge >= 0.3 is 5.97 Å². The molecule has 190 valence electrons. The maximum Gasteiger partial charge on any atom is 0.307 e. The number of benzene rings is 3. The number of carboxylic acids is 1. The van der Waals surface area contributed by atoms with E-state index in [9.17, 15) is 4.79 Å². The largest absolute Gasteiger partial charge is 0.487 e. The predicted molar refractivity (Wildman–Crippen MR) is 146 cm³/mol. The average molecular weight is 506 g/mol. The van der Waals surface area contributed by atoms with Crippen molar-refractivity contribution in [2.75, 3.05) is 0 Å². The molecular weight excluding hydrogens is 478 g/mol. The molecule has 2 aromatic heterocycles. The standard InChI is InChI=1S/C31H27N3O4/c35-31(36)19-18-28(24-8-3-1-4-9-24)33-38-21-23-14-16-27(17-15-23)37-22-26-20-34-29(12-7-13-30(34)32-26)25-10-5-2-6-11-25/h1-18,20,33H,19,21-22H2,(H,35,36). The fraction of sp³-hybridized carbons (Fsp3) is 0.0968. The fourth-order valence-electron chi connectivity index (χ4n) is 4.04. The lowest BCUT2D eigenvalue weighted by molar-refractivity contribution is -0.136. The van der Waals surface area contributed by atoms with Crippen molar-refractivity contribution in [1.29, 1.82) is 0 Å². The molecule has 0 aliphatic carbocycles. The summed E-state index contributed by atoms with van der Waals surface area (Å²) in [5, 5.41) is 9.02. The lowest BCUT2D eigenvalue weighted by Gasteiger charge is -2.12. The molecular formula is C31H27N3O4. The van der Waals surface area contributed by atoms with Crippen LogP contribution in [0.1, 0.15) is 23.2 Å². The van der Waals surface area contributed by atoms with Crippen molar-refractivity contribution in [3.63, 3.8) is 0 Å². The molecule has 38 heavy (non-hydrogen) atoms. The summed E-state index contributed by atoms with van der Waals surface area (Å²) in [7, 11) is 0. The third kappa shape index (κ3) is 6.27. The number of rotatable bonds is 11. The van der Waals surface area contributed by atoms with Crippen molar-refractivity contribution in [2.45, 2.75) is 19.6 Å². The number of hydroxylamine groups is 1. The maximum absolute atomic E-state index is 11.0. The zero-order chi connectivity index (χ0) is 26.2. The fourth-order valence-corrected chi connectivity index (χ4v) is 4.04. The van der Waals surface area contributed by atoms with Gasteiger partial charge in [0, 0.05) is 6.20 Å². The number of aromatic nitrogens is 2. The van der Waals surface area contributed by atoms with E-state index in [1.807, 2.05) is 91.1 Å². The number of imidazole rings is 1. The Labute approximate surface area is 220 Å².